The largest absolute Gasteiger partial charge is 0.380 e. The van der Waals surface area contributed by atoms with E-state index in [1.54, 1.807) is 36.4 Å². The van der Waals surface area contributed by atoms with Gasteiger partial charge in [0, 0.05) is 23.4 Å². The normalized spacial score (nSPS) is 10.9. The van der Waals surface area contributed by atoms with E-state index < -0.39 is 9.84 Å². The van der Waals surface area contributed by atoms with Gasteiger partial charge in [0.25, 0.3) is 0 Å². The van der Waals surface area contributed by atoms with Crippen molar-refractivity contribution in [3.05, 3.63) is 58.6 Å². The molecule has 6 heteroatoms. The number of hydrogen-bond donors (Lipinski definition) is 1. The van der Waals surface area contributed by atoms with Gasteiger partial charge in [0.2, 0.25) is 0 Å². The summed E-state index contributed by atoms with van der Waals surface area (Å²) in [6.07, 6.45) is 1.14. The number of halogens is 1. The Balaban J connectivity index is 2.35. The Hall–Kier alpha value is -2.03. The van der Waals surface area contributed by atoms with E-state index in [1.807, 2.05) is 0 Å². The van der Waals surface area contributed by atoms with Crippen molar-refractivity contribution >= 4 is 27.1 Å². The molecule has 4 nitrogen and oxygen atoms in total. The highest BCUT2D eigenvalue weighted by Gasteiger charge is 2.15. The first-order valence-corrected chi connectivity index (χ1v) is 8.41. The summed E-state index contributed by atoms with van der Waals surface area (Å²) >= 11 is 6.11. The molecule has 0 unspecified atom stereocenters. The van der Waals surface area contributed by atoms with Crippen molar-refractivity contribution in [2.75, 3.05) is 11.6 Å². The second-order valence-corrected chi connectivity index (χ2v) is 6.89. The van der Waals surface area contributed by atoms with Crippen molar-refractivity contribution in [2.45, 2.75) is 11.4 Å². The second-order valence-electron chi connectivity index (χ2n) is 4.50. The summed E-state index contributed by atoms with van der Waals surface area (Å²) in [4.78, 5) is 0.192. The SMILES string of the molecule is CS(=O)(=O)c1cccc(Cl)c1CNc1ccccc1C#N. The van der Waals surface area contributed by atoms with E-state index in [0.717, 1.165) is 6.26 Å². The van der Waals surface area contributed by atoms with E-state index in [1.165, 1.54) is 6.07 Å². The highest BCUT2D eigenvalue weighted by atomic mass is 35.5. The lowest BCUT2D eigenvalue weighted by Crippen LogP contribution is -2.08. The fraction of sp³-hybridized carbons (Fsp3) is 0.133. The first-order chi connectivity index (χ1) is 9.93. The van der Waals surface area contributed by atoms with Crippen LogP contribution in [0.2, 0.25) is 5.02 Å². The molecule has 108 valence electrons. The number of anilines is 1. The molecule has 0 bridgehead atoms. The Labute approximate surface area is 128 Å². The fourth-order valence-corrected chi connectivity index (χ4v) is 3.23. The van der Waals surface area contributed by atoms with Crippen LogP contribution >= 0.6 is 11.6 Å². The van der Waals surface area contributed by atoms with Crippen LogP contribution in [-0.2, 0) is 16.4 Å². The van der Waals surface area contributed by atoms with Crippen LogP contribution in [0.3, 0.4) is 0 Å². The molecule has 0 amide bonds. The van der Waals surface area contributed by atoms with E-state index in [0.29, 0.717) is 21.8 Å². The third-order valence-electron chi connectivity index (χ3n) is 2.98. The van der Waals surface area contributed by atoms with Crippen LogP contribution in [0.15, 0.2) is 47.4 Å². The maximum absolute atomic E-state index is 11.8. The van der Waals surface area contributed by atoms with Crippen LogP contribution in [0.4, 0.5) is 5.69 Å². The molecule has 0 aromatic heterocycles. The minimum Gasteiger partial charge on any atom is -0.380 e. The Morgan fingerprint density at radius 3 is 2.57 bits per heavy atom. The lowest BCUT2D eigenvalue weighted by atomic mass is 10.1. The number of rotatable bonds is 4. The number of benzene rings is 2. The third kappa shape index (κ3) is 3.54. The van der Waals surface area contributed by atoms with Crippen molar-refractivity contribution in [1.29, 1.82) is 5.26 Å². The van der Waals surface area contributed by atoms with Gasteiger partial charge in [-0.2, -0.15) is 5.26 Å². The van der Waals surface area contributed by atoms with Gasteiger partial charge in [-0.3, -0.25) is 0 Å². The van der Waals surface area contributed by atoms with Crippen molar-refractivity contribution < 1.29 is 8.42 Å². The molecule has 0 spiro atoms. The molecule has 0 aliphatic heterocycles. The van der Waals surface area contributed by atoms with E-state index in [9.17, 15) is 8.42 Å². The summed E-state index contributed by atoms with van der Waals surface area (Å²) in [6.45, 7) is 0.223. The summed E-state index contributed by atoms with van der Waals surface area (Å²) in [6, 6.07) is 13.9. The van der Waals surface area contributed by atoms with Gasteiger partial charge in [0.05, 0.1) is 16.1 Å². The molecule has 0 heterocycles. The van der Waals surface area contributed by atoms with Crippen LogP contribution in [0.1, 0.15) is 11.1 Å². The molecule has 21 heavy (non-hydrogen) atoms. The Morgan fingerprint density at radius 1 is 1.19 bits per heavy atom. The predicted molar refractivity (Wildman–Crippen MR) is 83.0 cm³/mol. The zero-order valence-electron chi connectivity index (χ0n) is 11.3. The minimum atomic E-state index is -3.37. The van der Waals surface area contributed by atoms with Gasteiger partial charge in [-0.05, 0) is 24.3 Å². The van der Waals surface area contributed by atoms with Crippen LogP contribution in [0.5, 0.6) is 0 Å². The maximum atomic E-state index is 11.8. The number of nitrogens with zero attached hydrogens (tertiary/aromatic N) is 1. The average Bonchev–Trinajstić information content (AvgIpc) is 2.45. The lowest BCUT2D eigenvalue weighted by Gasteiger charge is -2.13. The standard InChI is InChI=1S/C15H13ClN2O2S/c1-21(19,20)15-8-4-6-13(16)12(15)10-18-14-7-3-2-5-11(14)9-17/h2-8,18H,10H2,1H3. The average molecular weight is 321 g/mol. The lowest BCUT2D eigenvalue weighted by molar-refractivity contribution is 0.601. The minimum absolute atomic E-state index is 0.192. The second kappa shape index (κ2) is 6.17. The quantitative estimate of drug-likeness (QED) is 0.939. The zero-order chi connectivity index (χ0) is 15.5. The molecule has 2 aromatic rings. The summed E-state index contributed by atoms with van der Waals surface area (Å²) in [5.41, 5.74) is 1.62. The molecule has 2 aromatic carbocycles. The molecule has 2 rings (SSSR count). The van der Waals surface area contributed by atoms with Gasteiger partial charge in [0.1, 0.15) is 6.07 Å². The van der Waals surface area contributed by atoms with E-state index >= 15 is 0 Å². The smallest absolute Gasteiger partial charge is 0.175 e. The summed E-state index contributed by atoms with van der Waals surface area (Å²) < 4.78 is 23.6. The highest BCUT2D eigenvalue weighted by Crippen LogP contribution is 2.25. The first-order valence-electron chi connectivity index (χ1n) is 6.14. The number of nitriles is 1. The van der Waals surface area contributed by atoms with Gasteiger partial charge < -0.3 is 5.32 Å². The number of nitrogens with one attached hydrogen (secondary N) is 1. The highest BCUT2D eigenvalue weighted by molar-refractivity contribution is 7.90. The van der Waals surface area contributed by atoms with E-state index in [-0.39, 0.29) is 11.4 Å². The van der Waals surface area contributed by atoms with Crippen molar-refractivity contribution in [1.82, 2.24) is 0 Å². The Bertz CT molecular complexity index is 811. The summed E-state index contributed by atoms with van der Waals surface area (Å²) in [5.74, 6) is 0. The fourth-order valence-electron chi connectivity index (χ4n) is 1.98. The molecular formula is C15H13ClN2O2S. The monoisotopic (exact) mass is 320 g/mol. The topological polar surface area (TPSA) is 70.0 Å². The first kappa shape index (κ1) is 15.4. The van der Waals surface area contributed by atoms with Gasteiger partial charge in [-0.25, -0.2) is 8.42 Å². The number of para-hydroxylation sites is 1. The van der Waals surface area contributed by atoms with Gasteiger partial charge in [0.15, 0.2) is 9.84 Å². The zero-order valence-corrected chi connectivity index (χ0v) is 12.9. The van der Waals surface area contributed by atoms with Crippen LogP contribution in [0, 0.1) is 11.3 Å². The molecular weight excluding hydrogens is 308 g/mol. The van der Waals surface area contributed by atoms with Gasteiger partial charge in [-0.15, -0.1) is 0 Å². The van der Waals surface area contributed by atoms with Crippen molar-refractivity contribution in [3.63, 3.8) is 0 Å². The Morgan fingerprint density at radius 2 is 1.90 bits per heavy atom. The summed E-state index contributed by atoms with van der Waals surface area (Å²) in [5, 5.41) is 12.5. The molecule has 0 saturated carbocycles. The molecule has 0 aliphatic carbocycles. The third-order valence-corrected chi connectivity index (χ3v) is 4.51. The molecule has 0 saturated heterocycles. The van der Waals surface area contributed by atoms with Crippen molar-refractivity contribution in [2.24, 2.45) is 0 Å². The van der Waals surface area contributed by atoms with E-state index in [2.05, 4.69) is 11.4 Å². The van der Waals surface area contributed by atoms with Crippen LogP contribution in [-0.4, -0.2) is 14.7 Å². The number of hydrogen-bond acceptors (Lipinski definition) is 4. The molecule has 1 N–H and O–H groups in total. The maximum Gasteiger partial charge on any atom is 0.175 e. The van der Waals surface area contributed by atoms with Crippen molar-refractivity contribution in [3.8, 4) is 6.07 Å². The van der Waals surface area contributed by atoms with Gasteiger partial charge in [-0.1, -0.05) is 29.8 Å². The van der Waals surface area contributed by atoms with Crippen LogP contribution < -0.4 is 5.32 Å². The van der Waals surface area contributed by atoms with Gasteiger partial charge >= 0.3 is 0 Å². The molecule has 0 aliphatic rings. The molecule has 0 atom stereocenters. The Kier molecular flexibility index (Phi) is 4.51. The number of sulfone groups is 1. The molecule has 0 fully saturated rings. The van der Waals surface area contributed by atoms with Crippen LogP contribution in [0.25, 0.3) is 0 Å². The van der Waals surface area contributed by atoms with E-state index in [4.69, 9.17) is 16.9 Å². The predicted octanol–water partition coefficient (Wildman–Crippen LogP) is 3.23. The summed E-state index contributed by atoms with van der Waals surface area (Å²) in [7, 11) is -3.37. The molecule has 0 radical (unpaired) electrons.